The molecule has 2 heteroatoms. The second kappa shape index (κ2) is 2.42. The van der Waals surface area contributed by atoms with Crippen LogP contribution in [0.2, 0.25) is 0 Å². The zero-order chi connectivity index (χ0) is 7.03. The Labute approximate surface area is 67.0 Å². The quantitative estimate of drug-likeness (QED) is 0.656. The van der Waals surface area contributed by atoms with Crippen molar-refractivity contribution < 1.29 is 0 Å². The van der Waals surface area contributed by atoms with E-state index in [1.54, 1.807) is 0 Å². The van der Waals surface area contributed by atoms with Gasteiger partial charge in [0.2, 0.25) is 0 Å². The van der Waals surface area contributed by atoms with Gasteiger partial charge in [-0.2, -0.15) is 0 Å². The molecule has 0 aromatic rings. The smallest absolute Gasteiger partial charge is 0.0671 e. The molecule has 0 bridgehead atoms. The van der Waals surface area contributed by atoms with Gasteiger partial charge in [-0.25, -0.2) is 0 Å². The summed E-state index contributed by atoms with van der Waals surface area (Å²) in [6.07, 6.45) is 4.24. The summed E-state index contributed by atoms with van der Waals surface area (Å²) in [7, 11) is 0. The molecule has 1 unspecified atom stereocenters. The Morgan fingerprint density at radius 1 is 1.60 bits per heavy atom. The van der Waals surface area contributed by atoms with Gasteiger partial charge < -0.3 is 5.32 Å². The lowest BCUT2D eigenvalue weighted by Crippen LogP contribution is -2.38. The van der Waals surface area contributed by atoms with Crippen molar-refractivity contribution in [3.63, 3.8) is 0 Å². The molecule has 0 aromatic carbocycles. The number of rotatable bonds is 2. The van der Waals surface area contributed by atoms with E-state index in [-0.39, 0.29) is 0 Å². The van der Waals surface area contributed by atoms with E-state index in [2.05, 4.69) is 24.0 Å². The van der Waals surface area contributed by atoms with Crippen molar-refractivity contribution in [2.45, 2.75) is 31.1 Å². The third-order valence-electron chi connectivity index (χ3n) is 2.65. The highest BCUT2D eigenvalue weighted by Gasteiger charge is 2.45. The Kier molecular flexibility index (Phi) is 1.69. The van der Waals surface area contributed by atoms with E-state index in [0.29, 0.717) is 4.87 Å². The average molecular weight is 157 g/mol. The topological polar surface area (TPSA) is 12.0 Å². The van der Waals surface area contributed by atoms with Crippen LogP contribution in [0.25, 0.3) is 0 Å². The maximum absolute atomic E-state index is 3.64. The minimum atomic E-state index is 0.514. The van der Waals surface area contributed by atoms with E-state index < -0.39 is 0 Å². The van der Waals surface area contributed by atoms with Crippen molar-refractivity contribution in [3.8, 4) is 0 Å². The van der Waals surface area contributed by atoms with Crippen LogP contribution in [0.5, 0.6) is 0 Å². The molecule has 1 saturated heterocycles. The fraction of sp³-hybridized carbons (Fsp3) is 1.00. The van der Waals surface area contributed by atoms with Crippen molar-refractivity contribution in [1.82, 2.24) is 5.32 Å². The van der Waals surface area contributed by atoms with Crippen molar-refractivity contribution in [2.75, 3.05) is 12.3 Å². The van der Waals surface area contributed by atoms with Gasteiger partial charge in [-0.3, -0.25) is 0 Å². The molecule has 10 heavy (non-hydrogen) atoms. The molecule has 1 aliphatic carbocycles. The number of thioether (sulfide) groups is 1. The van der Waals surface area contributed by atoms with Crippen LogP contribution in [0.4, 0.5) is 0 Å². The van der Waals surface area contributed by atoms with Crippen molar-refractivity contribution >= 4 is 11.8 Å². The first-order chi connectivity index (χ1) is 4.87. The first kappa shape index (κ1) is 6.99. The van der Waals surface area contributed by atoms with E-state index in [0.717, 1.165) is 5.92 Å². The SMILES string of the molecule is CCC1(C2CC2)NCCS1. The second-order valence-electron chi connectivity index (χ2n) is 3.29. The molecule has 0 amide bonds. The molecule has 0 aromatic heterocycles. The summed E-state index contributed by atoms with van der Waals surface area (Å²) in [5, 5.41) is 3.64. The van der Waals surface area contributed by atoms with Crippen LogP contribution in [0.1, 0.15) is 26.2 Å². The summed E-state index contributed by atoms with van der Waals surface area (Å²) in [5.41, 5.74) is 0. The highest BCUT2D eigenvalue weighted by atomic mass is 32.2. The molecule has 1 heterocycles. The van der Waals surface area contributed by atoms with Gasteiger partial charge in [0.05, 0.1) is 4.87 Å². The van der Waals surface area contributed by atoms with Gasteiger partial charge in [0, 0.05) is 12.3 Å². The molecule has 0 spiro atoms. The van der Waals surface area contributed by atoms with Gasteiger partial charge in [0.25, 0.3) is 0 Å². The van der Waals surface area contributed by atoms with Crippen LogP contribution in [-0.2, 0) is 0 Å². The molecule has 2 aliphatic rings. The lowest BCUT2D eigenvalue weighted by atomic mass is 10.1. The largest absolute Gasteiger partial charge is 0.302 e. The second-order valence-corrected chi connectivity index (χ2v) is 4.72. The summed E-state index contributed by atoms with van der Waals surface area (Å²) in [6, 6.07) is 0. The van der Waals surface area contributed by atoms with Gasteiger partial charge in [0.15, 0.2) is 0 Å². The van der Waals surface area contributed by atoms with Gasteiger partial charge in [-0.1, -0.05) is 6.92 Å². The zero-order valence-corrected chi connectivity index (χ0v) is 7.34. The van der Waals surface area contributed by atoms with E-state index in [4.69, 9.17) is 0 Å². The number of nitrogens with one attached hydrogen (secondary N) is 1. The molecular formula is C8H15NS. The first-order valence-corrected chi connectivity index (χ1v) is 5.25. The molecule has 1 nitrogen and oxygen atoms in total. The van der Waals surface area contributed by atoms with Gasteiger partial charge in [-0.15, -0.1) is 11.8 Å². The standard InChI is InChI=1S/C8H15NS/c1-2-8(7-3-4-7)9-5-6-10-8/h7,9H,2-6H2,1H3. The third-order valence-corrected chi connectivity index (χ3v) is 4.34. The fourth-order valence-corrected chi connectivity index (χ4v) is 3.32. The number of hydrogen-bond donors (Lipinski definition) is 1. The first-order valence-electron chi connectivity index (χ1n) is 4.26. The van der Waals surface area contributed by atoms with Gasteiger partial charge in [-0.05, 0) is 25.2 Å². The summed E-state index contributed by atoms with van der Waals surface area (Å²) in [6.45, 7) is 3.54. The molecule has 2 fully saturated rings. The van der Waals surface area contributed by atoms with Crippen molar-refractivity contribution in [2.24, 2.45) is 5.92 Å². The van der Waals surface area contributed by atoms with Crippen LogP contribution in [0.15, 0.2) is 0 Å². The van der Waals surface area contributed by atoms with Crippen molar-refractivity contribution in [3.05, 3.63) is 0 Å². The van der Waals surface area contributed by atoms with Crippen LogP contribution in [0.3, 0.4) is 0 Å². The predicted octanol–water partition coefficient (Wildman–Crippen LogP) is 1.84. The molecular weight excluding hydrogens is 142 g/mol. The van der Waals surface area contributed by atoms with E-state index in [9.17, 15) is 0 Å². The molecule has 1 aliphatic heterocycles. The van der Waals surface area contributed by atoms with Crippen LogP contribution < -0.4 is 5.32 Å². The monoisotopic (exact) mass is 157 g/mol. The molecule has 1 atom stereocenters. The lowest BCUT2D eigenvalue weighted by Gasteiger charge is -2.26. The normalized spacial score (nSPS) is 40.5. The van der Waals surface area contributed by atoms with Crippen LogP contribution in [0, 0.1) is 5.92 Å². The Morgan fingerprint density at radius 2 is 2.40 bits per heavy atom. The summed E-state index contributed by atoms with van der Waals surface area (Å²) >= 11 is 2.15. The molecule has 2 rings (SSSR count). The zero-order valence-electron chi connectivity index (χ0n) is 6.52. The summed E-state index contributed by atoms with van der Waals surface area (Å²) in [5.74, 6) is 2.33. The minimum absolute atomic E-state index is 0.514. The lowest BCUT2D eigenvalue weighted by molar-refractivity contribution is 0.434. The Bertz CT molecular complexity index is 125. The van der Waals surface area contributed by atoms with E-state index >= 15 is 0 Å². The minimum Gasteiger partial charge on any atom is -0.302 e. The molecule has 1 saturated carbocycles. The molecule has 0 radical (unpaired) electrons. The third kappa shape index (κ3) is 0.978. The van der Waals surface area contributed by atoms with Crippen LogP contribution in [-0.4, -0.2) is 17.2 Å². The highest BCUT2D eigenvalue weighted by molar-refractivity contribution is 8.00. The Balaban J connectivity index is 2.04. The summed E-state index contributed by atoms with van der Waals surface area (Å²) in [4.78, 5) is 0.514. The average Bonchev–Trinajstić information content (AvgIpc) is 2.71. The number of hydrogen-bond acceptors (Lipinski definition) is 2. The van der Waals surface area contributed by atoms with E-state index in [1.807, 2.05) is 0 Å². The summed E-state index contributed by atoms with van der Waals surface area (Å²) < 4.78 is 0. The maximum atomic E-state index is 3.64. The van der Waals surface area contributed by atoms with Gasteiger partial charge >= 0.3 is 0 Å². The van der Waals surface area contributed by atoms with Gasteiger partial charge in [0.1, 0.15) is 0 Å². The van der Waals surface area contributed by atoms with E-state index in [1.165, 1.54) is 31.6 Å². The Morgan fingerprint density at radius 3 is 2.80 bits per heavy atom. The molecule has 58 valence electrons. The molecule has 1 N–H and O–H groups in total. The van der Waals surface area contributed by atoms with Crippen LogP contribution >= 0.6 is 11.8 Å². The predicted molar refractivity (Wildman–Crippen MR) is 46.2 cm³/mol. The maximum Gasteiger partial charge on any atom is 0.0671 e. The van der Waals surface area contributed by atoms with Crippen molar-refractivity contribution in [1.29, 1.82) is 0 Å². The highest BCUT2D eigenvalue weighted by Crippen LogP contribution is 2.49. The Hall–Kier alpha value is 0.310. The fourth-order valence-electron chi connectivity index (χ4n) is 1.87.